The van der Waals surface area contributed by atoms with Gasteiger partial charge in [0.15, 0.2) is 0 Å². The van der Waals surface area contributed by atoms with Crippen molar-refractivity contribution in [1.82, 2.24) is 15.8 Å². The van der Waals surface area contributed by atoms with Gasteiger partial charge in [-0.05, 0) is 12.1 Å². The predicted octanol–water partition coefficient (Wildman–Crippen LogP) is -0.525. The minimum atomic E-state index is 0.369. The molecule has 0 saturated carbocycles. The number of carbonyl (C=O) groups excluding carboxylic acids is 2. The van der Waals surface area contributed by atoms with Crippen molar-refractivity contribution in [3.8, 4) is 0 Å². The van der Waals surface area contributed by atoms with Gasteiger partial charge >= 0.3 is 0 Å². The van der Waals surface area contributed by atoms with Crippen LogP contribution in [0.5, 0.6) is 0 Å². The van der Waals surface area contributed by atoms with Gasteiger partial charge in [-0.25, -0.2) is 0 Å². The van der Waals surface area contributed by atoms with E-state index in [2.05, 4.69) is 4.98 Å². The summed E-state index contributed by atoms with van der Waals surface area (Å²) in [4.78, 5) is 22.2. The van der Waals surface area contributed by atoms with E-state index in [0.717, 1.165) is 0 Å². The molecule has 5 heteroatoms. The molecule has 64 valence electrons. The van der Waals surface area contributed by atoms with Crippen molar-refractivity contribution < 1.29 is 9.59 Å². The lowest BCUT2D eigenvalue weighted by atomic mass is 10.5. The minimum Gasteiger partial charge on any atom is -0.277 e. The summed E-state index contributed by atoms with van der Waals surface area (Å²) >= 11 is 0. The zero-order valence-electron chi connectivity index (χ0n) is 6.31. The predicted molar refractivity (Wildman–Crippen MR) is 42.6 cm³/mol. The highest BCUT2D eigenvalue weighted by molar-refractivity contribution is 5.53. The Hall–Kier alpha value is -1.91. The van der Waals surface area contributed by atoms with Gasteiger partial charge in [-0.15, -0.1) is 0 Å². The number of hydrogen-bond donors (Lipinski definition) is 2. The maximum absolute atomic E-state index is 9.23. The summed E-state index contributed by atoms with van der Waals surface area (Å²) in [5.74, 6) is 0. The van der Waals surface area contributed by atoms with Gasteiger partial charge in [-0.1, -0.05) is 6.07 Å². The second-order valence-electron chi connectivity index (χ2n) is 1.55. The summed E-state index contributed by atoms with van der Waals surface area (Å²) < 4.78 is 0. The van der Waals surface area contributed by atoms with Crippen molar-refractivity contribution in [3.63, 3.8) is 0 Å². The fourth-order valence-corrected chi connectivity index (χ4v) is 0.381. The third-order valence-electron chi connectivity index (χ3n) is 0.768. The molecule has 0 aliphatic rings. The Bertz CT molecular complexity index is 168. The van der Waals surface area contributed by atoms with E-state index in [0.29, 0.717) is 12.8 Å². The van der Waals surface area contributed by atoms with Gasteiger partial charge in [0.25, 0.3) is 0 Å². The Kier molecular flexibility index (Phi) is 7.64. The fraction of sp³-hybridized carbons (Fsp3) is 0. The van der Waals surface area contributed by atoms with Crippen LogP contribution in [-0.4, -0.2) is 17.8 Å². The first kappa shape index (κ1) is 10.1. The summed E-state index contributed by atoms with van der Waals surface area (Å²) in [6.07, 6.45) is 4.24. The van der Waals surface area contributed by atoms with Crippen molar-refractivity contribution in [1.29, 1.82) is 0 Å². The van der Waals surface area contributed by atoms with Crippen LogP contribution in [0.25, 0.3) is 0 Å². The van der Waals surface area contributed by atoms with E-state index in [4.69, 9.17) is 0 Å². The van der Waals surface area contributed by atoms with Crippen LogP contribution in [0.2, 0.25) is 0 Å². The maximum Gasteiger partial charge on any atom is 0.225 e. The lowest BCUT2D eigenvalue weighted by Crippen LogP contribution is -2.28. The van der Waals surface area contributed by atoms with Crippen molar-refractivity contribution in [2.45, 2.75) is 0 Å². The SMILES string of the molecule is O=CNNC=O.c1ccncc1. The van der Waals surface area contributed by atoms with E-state index in [-0.39, 0.29) is 0 Å². The van der Waals surface area contributed by atoms with Crippen LogP contribution in [0.3, 0.4) is 0 Å². The number of aromatic nitrogens is 1. The molecule has 0 aliphatic carbocycles. The minimum absolute atomic E-state index is 0.369. The topological polar surface area (TPSA) is 71.1 Å². The van der Waals surface area contributed by atoms with Gasteiger partial charge < -0.3 is 0 Å². The normalized spacial score (nSPS) is 7.00. The second kappa shape index (κ2) is 9.09. The van der Waals surface area contributed by atoms with Crippen molar-refractivity contribution in [2.75, 3.05) is 0 Å². The number of rotatable bonds is 3. The zero-order chi connectivity index (χ0) is 9.07. The molecule has 5 nitrogen and oxygen atoms in total. The van der Waals surface area contributed by atoms with Crippen LogP contribution in [-0.2, 0) is 9.59 Å². The quantitative estimate of drug-likeness (QED) is 0.361. The lowest BCUT2D eigenvalue weighted by molar-refractivity contribution is -0.116. The van der Waals surface area contributed by atoms with E-state index in [1.165, 1.54) is 0 Å². The Balaban J connectivity index is 0.000000202. The molecule has 12 heavy (non-hydrogen) atoms. The summed E-state index contributed by atoms with van der Waals surface area (Å²) in [6.45, 7) is 0. The molecule has 0 radical (unpaired) electrons. The zero-order valence-corrected chi connectivity index (χ0v) is 6.31. The van der Waals surface area contributed by atoms with Crippen LogP contribution >= 0.6 is 0 Å². The average molecular weight is 167 g/mol. The Morgan fingerprint density at radius 2 is 1.42 bits per heavy atom. The Morgan fingerprint density at radius 1 is 0.917 bits per heavy atom. The standard InChI is InChI=1S/C5H5N.C2H4N2O2/c1-2-4-6-5-3-1;5-1-3-4-2-6/h1-5H;1-2H,(H,3,5)(H,4,6). The lowest BCUT2D eigenvalue weighted by Gasteiger charge is -1.84. The highest BCUT2D eigenvalue weighted by Gasteiger charge is 1.62. The third-order valence-corrected chi connectivity index (χ3v) is 0.768. The summed E-state index contributed by atoms with van der Waals surface area (Å²) in [5, 5.41) is 0. The van der Waals surface area contributed by atoms with Crippen molar-refractivity contribution in [2.24, 2.45) is 0 Å². The second-order valence-corrected chi connectivity index (χ2v) is 1.55. The number of pyridine rings is 1. The molecule has 0 atom stereocenters. The van der Waals surface area contributed by atoms with Crippen molar-refractivity contribution in [3.05, 3.63) is 30.6 Å². The van der Waals surface area contributed by atoms with Crippen LogP contribution in [0.1, 0.15) is 0 Å². The van der Waals surface area contributed by atoms with E-state index in [1.807, 2.05) is 29.1 Å². The largest absolute Gasteiger partial charge is 0.277 e. The molecular weight excluding hydrogens is 158 g/mol. The van der Waals surface area contributed by atoms with E-state index < -0.39 is 0 Å². The first-order valence-corrected chi connectivity index (χ1v) is 3.15. The van der Waals surface area contributed by atoms with Gasteiger partial charge in [0.05, 0.1) is 0 Å². The number of amides is 2. The summed E-state index contributed by atoms with van der Waals surface area (Å²) in [6, 6.07) is 5.72. The molecule has 2 amide bonds. The molecule has 0 bridgehead atoms. The number of hydrazine groups is 1. The van der Waals surface area contributed by atoms with Crippen LogP contribution in [0.4, 0.5) is 0 Å². The third kappa shape index (κ3) is 8.09. The molecular formula is C7H9N3O2. The summed E-state index contributed by atoms with van der Waals surface area (Å²) in [7, 11) is 0. The highest BCUT2D eigenvalue weighted by Crippen LogP contribution is 1.73. The average Bonchev–Trinajstić information content (AvgIpc) is 2.18. The van der Waals surface area contributed by atoms with Crippen LogP contribution < -0.4 is 10.9 Å². The fourth-order valence-electron chi connectivity index (χ4n) is 0.381. The monoisotopic (exact) mass is 167 g/mol. The molecule has 0 fully saturated rings. The number of nitrogens with one attached hydrogen (secondary N) is 2. The molecule has 0 saturated heterocycles. The molecule has 1 aromatic rings. The Morgan fingerprint density at radius 3 is 1.58 bits per heavy atom. The van der Waals surface area contributed by atoms with E-state index >= 15 is 0 Å². The molecule has 2 N–H and O–H groups in total. The molecule has 0 spiro atoms. The number of carbonyl (C=O) groups is 2. The van der Waals surface area contributed by atoms with Gasteiger partial charge in [0, 0.05) is 12.4 Å². The van der Waals surface area contributed by atoms with Crippen molar-refractivity contribution >= 4 is 12.8 Å². The molecule has 0 aliphatic heterocycles. The number of hydrogen-bond acceptors (Lipinski definition) is 3. The Labute approximate surface area is 69.8 Å². The molecule has 0 aromatic carbocycles. The van der Waals surface area contributed by atoms with Gasteiger partial charge in [-0.2, -0.15) is 0 Å². The van der Waals surface area contributed by atoms with Gasteiger partial charge in [0.2, 0.25) is 12.8 Å². The van der Waals surface area contributed by atoms with E-state index in [1.54, 1.807) is 12.4 Å². The van der Waals surface area contributed by atoms with Crippen LogP contribution in [0, 0.1) is 0 Å². The first-order chi connectivity index (χ1) is 5.91. The van der Waals surface area contributed by atoms with Gasteiger partial charge in [-0.3, -0.25) is 25.4 Å². The molecule has 0 unspecified atom stereocenters. The van der Waals surface area contributed by atoms with Crippen LogP contribution in [0.15, 0.2) is 30.6 Å². The van der Waals surface area contributed by atoms with E-state index in [9.17, 15) is 9.59 Å². The summed E-state index contributed by atoms with van der Waals surface area (Å²) in [5.41, 5.74) is 3.80. The maximum atomic E-state index is 9.23. The highest BCUT2D eigenvalue weighted by atomic mass is 16.2. The molecule has 1 aromatic heterocycles. The molecule has 1 heterocycles. The smallest absolute Gasteiger partial charge is 0.225 e. The first-order valence-electron chi connectivity index (χ1n) is 3.15. The molecule has 1 rings (SSSR count). The number of nitrogens with zero attached hydrogens (tertiary/aromatic N) is 1. The van der Waals surface area contributed by atoms with Gasteiger partial charge in [0.1, 0.15) is 0 Å².